The van der Waals surface area contributed by atoms with E-state index in [0.717, 1.165) is 17.8 Å². The van der Waals surface area contributed by atoms with Gasteiger partial charge in [0, 0.05) is 32.2 Å². The van der Waals surface area contributed by atoms with E-state index in [0.29, 0.717) is 19.4 Å². The summed E-state index contributed by atoms with van der Waals surface area (Å²) in [4.78, 5) is 25.7. The number of rotatable bonds is 7. The number of anilines is 1. The molecule has 2 N–H and O–H groups in total. The van der Waals surface area contributed by atoms with Crippen molar-refractivity contribution in [3.05, 3.63) is 29.8 Å². The van der Waals surface area contributed by atoms with E-state index in [1.165, 1.54) is 0 Å². The number of hydrogen-bond donors (Lipinski definition) is 2. The molecule has 0 saturated heterocycles. The van der Waals surface area contributed by atoms with Crippen LogP contribution >= 0.6 is 12.4 Å². The summed E-state index contributed by atoms with van der Waals surface area (Å²) >= 11 is 0. The van der Waals surface area contributed by atoms with Crippen LogP contribution < -0.4 is 10.6 Å². The molecule has 0 heterocycles. The Hall–Kier alpha value is -1.59. The van der Waals surface area contributed by atoms with Gasteiger partial charge in [-0.1, -0.05) is 32.9 Å². The van der Waals surface area contributed by atoms with Crippen molar-refractivity contribution in [3.8, 4) is 0 Å². The lowest BCUT2D eigenvalue weighted by atomic mass is 9.92. The third-order valence-electron chi connectivity index (χ3n) is 3.41. The van der Waals surface area contributed by atoms with Crippen molar-refractivity contribution in [1.82, 2.24) is 10.2 Å². The Kier molecular flexibility index (Phi) is 9.63. The molecule has 1 aromatic carbocycles. The Morgan fingerprint density at radius 2 is 1.71 bits per heavy atom. The Labute approximate surface area is 151 Å². The fraction of sp³-hybridized carbons (Fsp3) is 0.556. The molecule has 24 heavy (non-hydrogen) atoms. The van der Waals surface area contributed by atoms with Gasteiger partial charge in [-0.05, 0) is 30.2 Å². The Morgan fingerprint density at radius 3 is 2.21 bits per heavy atom. The van der Waals surface area contributed by atoms with Gasteiger partial charge in [-0.15, -0.1) is 12.4 Å². The van der Waals surface area contributed by atoms with Crippen LogP contribution in [-0.2, 0) is 16.0 Å². The van der Waals surface area contributed by atoms with Crippen LogP contribution in [0.25, 0.3) is 0 Å². The first-order valence-corrected chi connectivity index (χ1v) is 7.98. The zero-order valence-corrected chi connectivity index (χ0v) is 16.1. The number of amides is 2. The molecule has 0 spiro atoms. The summed E-state index contributed by atoms with van der Waals surface area (Å²) in [5.74, 6) is 0.0953. The summed E-state index contributed by atoms with van der Waals surface area (Å²) in [5, 5.41) is 5.91. The van der Waals surface area contributed by atoms with E-state index in [-0.39, 0.29) is 29.6 Å². The molecule has 136 valence electrons. The minimum atomic E-state index is -0.0334. The molecular weight excluding hydrogens is 326 g/mol. The maximum atomic E-state index is 12.1. The maximum absolute atomic E-state index is 12.1. The van der Waals surface area contributed by atoms with Crippen molar-refractivity contribution < 1.29 is 9.59 Å². The number of nitrogens with one attached hydrogen (secondary N) is 2. The highest BCUT2D eigenvalue weighted by molar-refractivity contribution is 5.91. The summed E-state index contributed by atoms with van der Waals surface area (Å²) in [6.07, 6.45) is 0.847. The van der Waals surface area contributed by atoms with Gasteiger partial charge in [0.1, 0.15) is 0 Å². The SMILES string of the molecule is CNCCN(C)C(=O)Cc1ccc(NC(=O)CC(C)(C)C)cc1.Cl. The van der Waals surface area contributed by atoms with Crippen LogP contribution in [0.15, 0.2) is 24.3 Å². The summed E-state index contributed by atoms with van der Waals surface area (Å²) < 4.78 is 0. The standard InChI is InChI=1S/C18H29N3O2.ClH/c1-18(2,3)13-16(22)20-15-8-6-14(7-9-15)12-17(23)21(5)11-10-19-4;/h6-9,19H,10-13H2,1-5H3,(H,20,22);1H. The second kappa shape index (κ2) is 10.3. The zero-order chi connectivity index (χ0) is 17.5. The molecule has 6 heteroatoms. The number of nitrogens with zero attached hydrogens (tertiary/aromatic N) is 1. The molecule has 1 aromatic rings. The van der Waals surface area contributed by atoms with Crippen LogP contribution in [0.4, 0.5) is 5.69 Å². The van der Waals surface area contributed by atoms with E-state index < -0.39 is 0 Å². The van der Waals surface area contributed by atoms with Crippen LogP contribution in [0, 0.1) is 5.41 Å². The predicted molar refractivity (Wildman–Crippen MR) is 102 cm³/mol. The average molecular weight is 356 g/mol. The number of carbonyl (C=O) groups is 2. The molecule has 0 aliphatic rings. The Morgan fingerprint density at radius 1 is 1.12 bits per heavy atom. The first kappa shape index (κ1) is 22.4. The quantitative estimate of drug-likeness (QED) is 0.790. The number of carbonyl (C=O) groups excluding carboxylic acids is 2. The van der Waals surface area contributed by atoms with Crippen molar-refractivity contribution >= 4 is 29.9 Å². The van der Waals surface area contributed by atoms with Gasteiger partial charge in [-0.25, -0.2) is 0 Å². The van der Waals surface area contributed by atoms with E-state index in [4.69, 9.17) is 0 Å². The fourth-order valence-electron chi connectivity index (χ4n) is 2.11. The largest absolute Gasteiger partial charge is 0.344 e. The lowest BCUT2D eigenvalue weighted by Gasteiger charge is -2.18. The van der Waals surface area contributed by atoms with E-state index in [1.54, 1.807) is 11.9 Å². The molecule has 0 aliphatic carbocycles. The van der Waals surface area contributed by atoms with Crippen molar-refractivity contribution in [2.24, 2.45) is 5.41 Å². The normalized spacial score (nSPS) is 10.7. The van der Waals surface area contributed by atoms with Gasteiger partial charge in [-0.3, -0.25) is 9.59 Å². The molecule has 0 atom stereocenters. The van der Waals surface area contributed by atoms with E-state index >= 15 is 0 Å². The summed E-state index contributed by atoms with van der Waals surface area (Å²) in [6.45, 7) is 7.57. The number of halogens is 1. The van der Waals surface area contributed by atoms with E-state index in [2.05, 4.69) is 10.6 Å². The second-order valence-electron chi connectivity index (χ2n) is 7.08. The molecule has 0 aromatic heterocycles. The molecule has 0 unspecified atom stereocenters. The van der Waals surface area contributed by atoms with Crippen molar-refractivity contribution in [2.45, 2.75) is 33.6 Å². The highest BCUT2D eigenvalue weighted by atomic mass is 35.5. The smallest absolute Gasteiger partial charge is 0.226 e. The topological polar surface area (TPSA) is 61.4 Å². The van der Waals surface area contributed by atoms with Crippen LogP contribution in [0.1, 0.15) is 32.8 Å². The van der Waals surface area contributed by atoms with Gasteiger partial charge in [0.15, 0.2) is 0 Å². The van der Waals surface area contributed by atoms with Crippen molar-refractivity contribution in [2.75, 3.05) is 32.5 Å². The summed E-state index contributed by atoms with van der Waals surface area (Å²) in [6, 6.07) is 7.46. The molecule has 5 nitrogen and oxygen atoms in total. The molecule has 0 saturated carbocycles. The van der Waals surface area contributed by atoms with Gasteiger partial charge in [-0.2, -0.15) is 0 Å². The third kappa shape index (κ3) is 8.89. The predicted octanol–water partition coefficient (Wildman–Crippen LogP) is 2.70. The van der Waals surface area contributed by atoms with Crippen LogP contribution in [0.5, 0.6) is 0 Å². The molecule has 2 amide bonds. The average Bonchev–Trinajstić information content (AvgIpc) is 2.44. The second-order valence-corrected chi connectivity index (χ2v) is 7.08. The van der Waals surface area contributed by atoms with Crippen LogP contribution in [-0.4, -0.2) is 43.9 Å². The minimum absolute atomic E-state index is 0. The molecular formula is C18H30ClN3O2. The molecule has 0 fully saturated rings. The van der Waals surface area contributed by atoms with Gasteiger partial charge in [0.25, 0.3) is 0 Å². The Balaban J connectivity index is 0.00000529. The minimum Gasteiger partial charge on any atom is -0.344 e. The summed E-state index contributed by atoms with van der Waals surface area (Å²) in [7, 11) is 3.67. The van der Waals surface area contributed by atoms with Gasteiger partial charge in [0.05, 0.1) is 6.42 Å². The van der Waals surface area contributed by atoms with E-state index in [9.17, 15) is 9.59 Å². The maximum Gasteiger partial charge on any atom is 0.226 e. The van der Waals surface area contributed by atoms with Crippen molar-refractivity contribution in [1.29, 1.82) is 0 Å². The first-order chi connectivity index (χ1) is 10.7. The first-order valence-electron chi connectivity index (χ1n) is 7.98. The Bertz CT molecular complexity index is 524. The van der Waals surface area contributed by atoms with E-state index in [1.807, 2.05) is 52.1 Å². The third-order valence-corrected chi connectivity index (χ3v) is 3.41. The monoisotopic (exact) mass is 355 g/mol. The number of hydrogen-bond acceptors (Lipinski definition) is 3. The lowest BCUT2D eigenvalue weighted by Crippen LogP contribution is -2.33. The highest BCUT2D eigenvalue weighted by Gasteiger charge is 2.16. The molecule has 1 rings (SSSR count). The lowest BCUT2D eigenvalue weighted by molar-refractivity contribution is -0.129. The molecule has 0 aliphatic heterocycles. The van der Waals surface area contributed by atoms with Gasteiger partial charge in [0.2, 0.25) is 11.8 Å². The molecule has 0 bridgehead atoms. The van der Waals surface area contributed by atoms with Crippen molar-refractivity contribution in [3.63, 3.8) is 0 Å². The summed E-state index contributed by atoms with van der Waals surface area (Å²) in [5.41, 5.74) is 1.67. The molecule has 0 radical (unpaired) electrons. The van der Waals surface area contributed by atoms with Gasteiger partial charge >= 0.3 is 0 Å². The van der Waals surface area contributed by atoms with Gasteiger partial charge < -0.3 is 15.5 Å². The fourth-order valence-corrected chi connectivity index (χ4v) is 2.11. The van der Waals surface area contributed by atoms with Crippen LogP contribution in [0.2, 0.25) is 0 Å². The zero-order valence-electron chi connectivity index (χ0n) is 15.3. The highest BCUT2D eigenvalue weighted by Crippen LogP contribution is 2.19. The number of likely N-dealkylation sites (N-methyl/N-ethyl adjacent to an activating group) is 2. The number of benzene rings is 1. The van der Waals surface area contributed by atoms with Crippen LogP contribution in [0.3, 0.4) is 0 Å².